The number of benzene rings is 2. The lowest BCUT2D eigenvalue weighted by atomic mass is 9.97. The fourth-order valence-corrected chi connectivity index (χ4v) is 3.96. The summed E-state index contributed by atoms with van der Waals surface area (Å²) in [5.74, 6) is -1.68. The molecular formula is C26H23F4NO6. The van der Waals surface area contributed by atoms with Gasteiger partial charge in [0.25, 0.3) is 0 Å². The van der Waals surface area contributed by atoms with Gasteiger partial charge >= 0.3 is 12.1 Å². The van der Waals surface area contributed by atoms with E-state index in [2.05, 4.69) is 9.72 Å². The number of halogens is 4. The lowest BCUT2D eigenvalue weighted by Gasteiger charge is -2.29. The standard InChI is InChI=1S/C26H23F4NO6/c1-13(25(33)35-3)23(32)14-4-9-20-21(10-14)37-22(12-36-20)16-6-8-19(31-24(16)26(28,29)30)17-11-15(34-2)5-7-18(17)27/h4-11,13,22-23,32H,12H2,1-3H3/t13?,22?,23-/m1/s1. The Bertz CT molecular complexity index is 1310. The molecule has 37 heavy (non-hydrogen) atoms. The van der Waals surface area contributed by atoms with Crippen LogP contribution in [0.3, 0.4) is 0 Å². The number of aromatic nitrogens is 1. The molecule has 2 aromatic carbocycles. The Morgan fingerprint density at radius 3 is 2.54 bits per heavy atom. The molecule has 1 aromatic heterocycles. The summed E-state index contributed by atoms with van der Waals surface area (Å²) in [6, 6.07) is 10.5. The summed E-state index contributed by atoms with van der Waals surface area (Å²) in [6.45, 7) is 1.23. The monoisotopic (exact) mass is 521 g/mol. The van der Waals surface area contributed by atoms with Gasteiger partial charge in [-0.15, -0.1) is 0 Å². The summed E-state index contributed by atoms with van der Waals surface area (Å²) in [6.07, 6.45) is -7.32. The SMILES string of the molecule is COC(=O)C(C)[C@@H](O)c1ccc2c(c1)OC(c1ccc(-c3cc(OC)ccc3F)nc1C(F)(F)F)CO2. The van der Waals surface area contributed by atoms with E-state index in [1.54, 1.807) is 0 Å². The first kappa shape index (κ1) is 26.2. The predicted octanol–water partition coefficient (Wildman–Crippen LogP) is 5.27. The van der Waals surface area contributed by atoms with Crippen molar-refractivity contribution in [3.8, 4) is 28.5 Å². The van der Waals surface area contributed by atoms with E-state index in [0.717, 1.165) is 6.07 Å². The molecule has 0 radical (unpaired) electrons. The van der Waals surface area contributed by atoms with E-state index in [0.29, 0.717) is 5.56 Å². The van der Waals surface area contributed by atoms with Crippen molar-refractivity contribution in [2.45, 2.75) is 25.3 Å². The summed E-state index contributed by atoms with van der Waals surface area (Å²) < 4.78 is 77.7. The predicted molar refractivity (Wildman–Crippen MR) is 123 cm³/mol. The van der Waals surface area contributed by atoms with Gasteiger partial charge in [0.05, 0.1) is 31.9 Å². The van der Waals surface area contributed by atoms with Crippen molar-refractivity contribution >= 4 is 5.97 Å². The topological polar surface area (TPSA) is 87.1 Å². The molecule has 0 bridgehead atoms. The summed E-state index contributed by atoms with van der Waals surface area (Å²) in [5.41, 5.74) is -1.65. The first-order valence-electron chi connectivity index (χ1n) is 11.1. The quantitative estimate of drug-likeness (QED) is 0.349. The summed E-state index contributed by atoms with van der Waals surface area (Å²) >= 11 is 0. The number of alkyl halides is 3. The smallest absolute Gasteiger partial charge is 0.433 e. The van der Waals surface area contributed by atoms with Gasteiger partial charge in [-0.3, -0.25) is 4.79 Å². The van der Waals surface area contributed by atoms with Crippen LogP contribution in [0.1, 0.15) is 36.0 Å². The summed E-state index contributed by atoms with van der Waals surface area (Å²) in [4.78, 5) is 15.5. The lowest BCUT2D eigenvalue weighted by Crippen LogP contribution is -2.26. The number of fused-ring (bicyclic) bond motifs is 1. The fourth-order valence-electron chi connectivity index (χ4n) is 3.96. The molecule has 1 aliphatic rings. The molecule has 2 unspecified atom stereocenters. The van der Waals surface area contributed by atoms with Crippen molar-refractivity contribution in [2.24, 2.45) is 5.92 Å². The zero-order chi connectivity index (χ0) is 26.9. The highest BCUT2D eigenvalue weighted by molar-refractivity contribution is 5.73. The second-order valence-corrected chi connectivity index (χ2v) is 8.36. The largest absolute Gasteiger partial charge is 0.497 e. The lowest BCUT2D eigenvalue weighted by molar-refractivity contribution is -0.148. The van der Waals surface area contributed by atoms with Crippen molar-refractivity contribution in [1.82, 2.24) is 4.98 Å². The van der Waals surface area contributed by atoms with Crippen LogP contribution in [-0.4, -0.2) is 36.9 Å². The van der Waals surface area contributed by atoms with Crippen molar-refractivity contribution in [1.29, 1.82) is 0 Å². The van der Waals surface area contributed by atoms with E-state index in [-0.39, 0.29) is 40.7 Å². The van der Waals surface area contributed by atoms with E-state index in [4.69, 9.17) is 14.2 Å². The Kier molecular flexibility index (Phi) is 7.26. The van der Waals surface area contributed by atoms with E-state index >= 15 is 0 Å². The van der Waals surface area contributed by atoms with E-state index < -0.39 is 41.8 Å². The normalized spacial score (nSPS) is 16.6. The molecule has 0 spiro atoms. The fraction of sp³-hybridized carbons (Fsp3) is 0.308. The third-order valence-electron chi connectivity index (χ3n) is 6.01. The van der Waals surface area contributed by atoms with Crippen molar-refractivity contribution in [3.05, 3.63) is 71.2 Å². The highest BCUT2D eigenvalue weighted by atomic mass is 19.4. The van der Waals surface area contributed by atoms with Crippen LogP contribution in [0.2, 0.25) is 0 Å². The highest BCUT2D eigenvalue weighted by Gasteiger charge is 2.40. The third kappa shape index (κ3) is 5.31. The minimum Gasteiger partial charge on any atom is -0.497 e. The van der Waals surface area contributed by atoms with E-state index in [1.165, 1.54) is 63.6 Å². The molecule has 11 heteroatoms. The van der Waals surface area contributed by atoms with Gasteiger partial charge in [0.15, 0.2) is 23.3 Å². The van der Waals surface area contributed by atoms with Gasteiger partial charge in [0.1, 0.15) is 18.2 Å². The Labute approximate surface area is 209 Å². The third-order valence-corrected chi connectivity index (χ3v) is 6.01. The van der Waals surface area contributed by atoms with Crippen LogP contribution in [-0.2, 0) is 15.7 Å². The first-order valence-corrected chi connectivity index (χ1v) is 11.1. The number of pyridine rings is 1. The Morgan fingerprint density at radius 1 is 1.11 bits per heavy atom. The number of carbonyl (C=O) groups excluding carboxylic acids is 1. The van der Waals surface area contributed by atoms with Crippen LogP contribution in [0.5, 0.6) is 17.2 Å². The molecule has 2 heterocycles. The molecule has 196 valence electrons. The number of hydrogen-bond donors (Lipinski definition) is 1. The minimum absolute atomic E-state index is 0.0842. The summed E-state index contributed by atoms with van der Waals surface area (Å²) in [5, 5.41) is 10.5. The molecule has 3 aromatic rings. The second-order valence-electron chi connectivity index (χ2n) is 8.36. The number of rotatable bonds is 6. The maximum absolute atomic E-state index is 14.4. The van der Waals surface area contributed by atoms with Crippen LogP contribution in [0.25, 0.3) is 11.3 Å². The summed E-state index contributed by atoms with van der Waals surface area (Å²) in [7, 11) is 2.55. The van der Waals surface area contributed by atoms with Gasteiger partial charge in [-0.2, -0.15) is 13.2 Å². The Hall–Kier alpha value is -3.86. The number of aliphatic hydroxyl groups is 1. The number of aliphatic hydroxyl groups excluding tert-OH is 1. The molecule has 1 aliphatic heterocycles. The number of ether oxygens (including phenoxy) is 4. The molecule has 1 N–H and O–H groups in total. The molecule has 0 saturated carbocycles. The first-order chi connectivity index (χ1) is 17.5. The van der Waals surface area contributed by atoms with Crippen molar-refractivity contribution in [2.75, 3.05) is 20.8 Å². The Balaban J connectivity index is 1.69. The van der Waals surface area contributed by atoms with Gasteiger partial charge in [-0.25, -0.2) is 9.37 Å². The van der Waals surface area contributed by atoms with Gasteiger partial charge < -0.3 is 24.1 Å². The van der Waals surface area contributed by atoms with Gasteiger partial charge in [0.2, 0.25) is 0 Å². The molecule has 0 aliphatic carbocycles. The number of hydrogen-bond acceptors (Lipinski definition) is 7. The molecular weight excluding hydrogens is 498 g/mol. The van der Waals surface area contributed by atoms with E-state index in [9.17, 15) is 27.5 Å². The van der Waals surface area contributed by atoms with Crippen LogP contribution in [0.15, 0.2) is 48.5 Å². The second kappa shape index (κ2) is 10.3. The number of esters is 1. The minimum atomic E-state index is -4.88. The number of methoxy groups -OCH3 is 2. The van der Waals surface area contributed by atoms with Crippen LogP contribution >= 0.6 is 0 Å². The molecule has 7 nitrogen and oxygen atoms in total. The molecule has 0 fully saturated rings. The van der Waals surface area contributed by atoms with E-state index in [1.807, 2.05) is 0 Å². The number of nitrogens with zero attached hydrogens (tertiary/aromatic N) is 1. The van der Waals surface area contributed by atoms with Gasteiger partial charge in [-0.05, 0) is 48.9 Å². The van der Waals surface area contributed by atoms with Crippen LogP contribution < -0.4 is 14.2 Å². The molecule has 4 rings (SSSR count). The average Bonchev–Trinajstić information content (AvgIpc) is 2.90. The van der Waals surface area contributed by atoms with Gasteiger partial charge in [0, 0.05) is 11.1 Å². The average molecular weight is 521 g/mol. The molecule has 0 amide bonds. The van der Waals surface area contributed by atoms with Crippen molar-refractivity contribution < 1.29 is 46.4 Å². The highest BCUT2D eigenvalue weighted by Crippen LogP contribution is 2.42. The van der Waals surface area contributed by atoms with Crippen LogP contribution in [0.4, 0.5) is 17.6 Å². The van der Waals surface area contributed by atoms with Crippen molar-refractivity contribution in [3.63, 3.8) is 0 Å². The van der Waals surface area contributed by atoms with Gasteiger partial charge in [-0.1, -0.05) is 12.1 Å². The Morgan fingerprint density at radius 2 is 1.86 bits per heavy atom. The maximum atomic E-state index is 14.4. The zero-order valence-corrected chi connectivity index (χ0v) is 20.0. The molecule has 3 atom stereocenters. The van der Waals surface area contributed by atoms with Crippen LogP contribution in [0, 0.1) is 11.7 Å². The molecule has 0 saturated heterocycles. The maximum Gasteiger partial charge on any atom is 0.433 e. The zero-order valence-electron chi connectivity index (χ0n) is 20.0. The number of carbonyl (C=O) groups is 1.